The van der Waals surface area contributed by atoms with Gasteiger partial charge in [0.2, 0.25) is 0 Å². The van der Waals surface area contributed by atoms with Crippen molar-refractivity contribution in [1.82, 2.24) is 25.7 Å². The van der Waals surface area contributed by atoms with Gasteiger partial charge in [-0.15, -0.1) is 0 Å². The van der Waals surface area contributed by atoms with Crippen molar-refractivity contribution in [3.63, 3.8) is 0 Å². The topological polar surface area (TPSA) is 86.5 Å². The maximum Gasteiger partial charge on any atom is 0.272 e. The first-order chi connectivity index (χ1) is 8.79. The number of hydrogen-bond donors (Lipinski definition) is 3. The molecule has 6 nitrogen and oxygen atoms in total. The van der Waals surface area contributed by atoms with Crippen LogP contribution in [0.25, 0.3) is 22.0 Å². The molecule has 0 atom stereocenters. The summed E-state index contributed by atoms with van der Waals surface area (Å²) in [4.78, 5) is 11.7. The fourth-order valence-electron chi connectivity index (χ4n) is 1.89. The molecular weight excluding hydrogens is 230 g/mol. The van der Waals surface area contributed by atoms with E-state index in [2.05, 4.69) is 25.7 Å². The first-order valence-electron chi connectivity index (χ1n) is 5.49. The molecule has 6 heteroatoms. The molecule has 2 aromatic heterocycles. The average molecular weight is 241 g/mol. The lowest BCUT2D eigenvalue weighted by molar-refractivity contribution is 0.0959. The van der Waals surface area contributed by atoms with Crippen molar-refractivity contribution >= 4 is 16.8 Å². The molecule has 0 aliphatic carbocycles. The molecule has 3 aromatic rings. The first-order valence-corrected chi connectivity index (χ1v) is 5.49. The summed E-state index contributed by atoms with van der Waals surface area (Å²) in [5.74, 6) is -0.203. The summed E-state index contributed by atoms with van der Waals surface area (Å²) in [5.41, 5.74) is 3.20. The summed E-state index contributed by atoms with van der Waals surface area (Å²) >= 11 is 0. The molecule has 0 saturated carbocycles. The van der Waals surface area contributed by atoms with Crippen LogP contribution in [0.2, 0.25) is 0 Å². The molecule has 0 fully saturated rings. The van der Waals surface area contributed by atoms with Gasteiger partial charge >= 0.3 is 0 Å². The zero-order valence-electron chi connectivity index (χ0n) is 9.69. The highest BCUT2D eigenvalue weighted by atomic mass is 16.1. The van der Waals surface area contributed by atoms with Crippen LogP contribution < -0.4 is 5.32 Å². The van der Waals surface area contributed by atoms with Crippen LogP contribution in [-0.4, -0.2) is 33.3 Å². The van der Waals surface area contributed by atoms with Crippen molar-refractivity contribution in [2.75, 3.05) is 7.05 Å². The third kappa shape index (κ3) is 1.55. The second kappa shape index (κ2) is 3.99. The van der Waals surface area contributed by atoms with Crippen molar-refractivity contribution in [1.29, 1.82) is 0 Å². The van der Waals surface area contributed by atoms with Gasteiger partial charge in [-0.25, -0.2) is 0 Å². The second-order valence-corrected chi connectivity index (χ2v) is 3.90. The van der Waals surface area contributed by atoms with E-state index in [1.807, 2.05) is 18.2 Å². The summed E-state index contributed by atoms with van der Waals surface area (Å²) in [6.45, 7) is 0. The molecule has 3 rings (SSSR count). The van der Waals surface area contributed by atoms with Crippen LogP contribution in [0, 0.1) is 0 Å². The number of nitrogens with one attached hydrogen (secondary N) is 3. The van der Waals surface area contributed by atoms with Gasteiger partial charge in [-0.1, -0.05) is 6.07 Å². The molecule has 0 bridgehead atoms. The summed E-state index contributed by atoms with van der Waals surface area (Å²) in [6.07, 6.45) is 3.54. The molecule has 90 valence electrons. The van der Waals surface area contributed by atoms with E-state index >= 15 is 0 Å². The predicted molar refractivity (Wildman–Crippen MR) is 67.1 cm³/mol. The van der Waals surface area contributed by atoms with E-state index in [4.69, 9.17) is 0 Å². The molecule has 0 unspecified atom stereocenters. The first kappa shape index (κ1) is 10.5. The summed E-state index contributed by atoms with van der Waals surface area (Å²) in [7, 11) is 1.59. The Bertz CT molecular complexity index is 698. The Hall–Kier alpha value is -2.63. The van der Waals surface area contributed by atoms with Crippen molar-refractivity contribution in [3.8, 4) is 11.1 Å². The van der Waals surface area contributed by atoms with Gasteiger partial charge in [-0.2, -0.15) is 10.2 Å². The third-order valence-corrected chi connectivity index (χ3v) is 2.84. The predicted octanol–water partition coefficient (Wildman–Crippen LogP) is 1.31. The van der Waals surface area contributed by atoms with Crippen LogP contribution in [0.3, 0.4) is 0 Å². The largest absolute Gasteiger partial charge is 0.354 e. The fourth-order valence-corrected chi connectivity index (χ4v) is 1.89. The Labute approximate surface area is 102 Å². The maximum absolute atomic E-state index is 11.7. The number of carbonyl (C=O) groups excluding carboxylic acids is 1. The number of rotatable bonds is 2. The molecule has 1 amide bonds. The lowest BCUT2D eigenvalue weighted by Crippen LogP contribution is -2.18. The molecular formula is C12H11N5O. The van der Waals surface area contributed by atoms with Crippen LogP contribution in [0.15, 0.2) is 30.6 Å². The van der Waals surface area contributed by atoms with Gasteiger partial charge in [0.05, 0.1) is 11.7 Å². The van der Waals surface area contributed by atoms with Crippen LogP contribution in [0.4, 0.5) is 0 Å². The van der Waals surface area contributed by atoms with Crippen LogP contribution in [0.5, 0.6) is 0 Å². The van der Waals surface area contributed by atoms with Crippen LogP contribution >= 0.6 is 0 Å². The fraction of sp³-hybridized carbons (Fsp3) is 0.0833. The van der Waals surface area contributed by atoms with Crippen LogP contribution in [-0.2, 0) is 0 Å². The molecule has 0 radical (unpaired) electrons. The van der Waals surface area contributed by atoms with Gasteiger partial charge in [-0.05, 0) is 17.7 Å². The Balaban J connectivity index is 2.18. The highest BCUT2D eigenvalue weighted by molar-refractivity contribution is 6.05. The van der Waals surface area contributed by atoms with Crippen molar-refractivity contribution in [2.45, 2.75) is 0 Å². The molecule has 3 N–H and O–H groups in total. The minimum absolute atomic E-state index is 0.203. The van der Waals surface area contributed by atoms with Gasteiger partial charge in [-0.3, -0.25) is 15.0 Å². The number of amides is 1. The average Bonchev–Trinajstić information content (AvgIpc) is 3.06. The standard InChI is InChI=1S/C12H11N5O/c1-13-12(18)11-9-4-7(8-5-14-15-6-8)2-3-10(9)16-17-11/h2-6H,1H3,(H,13,18)(H,14,15)(H,16,17). The molecule has 0 spiro atoms. The van der Waals surface area contributed by atoms with E-state index in [0.717, 1.165) is 22.0 Å². The summed E-state index contributed by atoms with van der Waals surface area (Å²) in [6, 6.07) is 5.78. The minimum atomic E-state index is -0.203. The molecule has 0 saturated heterocycles. The molecule has 2 heterocycles. The number of nitrogens with zero attached hydrogens (tertiary/aromatic N) is 2. The smallest absolute Gasteiger partial charge is 0.272 e. The number of aromatic nitrogens is 4. The Morgan fingerprint density at radius 1 is 1.33 bits per heavy atom. The Kier molecular flexibility index (Phi) is 2.33. The molecule has 1 aromatic carbocycles. The van der Waals surface area contributed by atoms with Gasteiger partial charge in [0, 0.05) is 24.2 Å². The maximum atomic E-state index is 11.7. The number of hydrogen-bond acceptors (Lipinski definition) is 3. The molecule has 18 heavy (non-hydrogen) atoms. The highest BCUT2D eigenvalue weighted by Crippen LogP contribution is 2.24. The van der Waals surface area contributed by atoms with E-state index in [1.165, 1.54) is 0 Å². The molecule has 0 aliphatic heterocycles. The van der Waals surface area contributed by atoms with E-state index in [1.54, 1.807) is 19.4 Å². The quantitative estimate of drug-likeness (QED) is 0.632. The van der Waals surface area contributed by atoms with Crippen molar-refractivity contribution in [2.24, 2.45) is 0 Å². The van der Waals surface area contributed by atoms with E-state index in [9.17, 15) is 4.79 Å². The SMILES string of the molecule is CNC(=O)c1n[nH]c2ccc(-c3cn[nH]c3)cc12. The zero-order chi connectivity index (χ0) is 12.5. The monoisotopic (exact) mass is 241 g/mol. The Morgan fingerprint density at radius 2 is 2.22 bits per heavy atom. The highest BCUT2D eigenvalue weighted by Gasteiger charge is 2.13. The third-order valence-electron chi connectivity index (χ3n) is 2.84. The van der Waals surface area contributed by atoms with E-state index in [0.29, 0.717) is 5.69 Å². The van der Waals surface area contributed by atoms with Crippen LogP contribution in [0.1, 0.15) is 10.5 Å². The van der Waals surface area contributed by atoms with Gasteiger partial charge in [0.25, 0.3) is 5.91 Å². The van der Waals surface area contributed by atoms with Crippen molar-refractivity contribution in [3.05, 3.63) is 36.3 Å². The van der Waals surface area contributed by atoms with Gasteiger partial charge in [0.1, 0.15) is 0 Å². The lowest BCUT2D eigenvalue weighted by atomic mass is 10.1. The zero-order valence-corrected chi connectivity index (χ0v) is 9.69. The van der Waals surface area contributed by atoms with E-state index < -0.39 is 0 Å². The number of H-pyrrole nitrogens is 2. The summed E-state index contributed by atoms with van der Waals surface area (Å²) < 4.78 is 0. The number of benzene rings is 1. The Morgan fingerprint density at radius 3 is 2.94 bits per heavy atom. The van der Waals surface area contributed by atoms with Gasteiger partial charge in [0.15, 0.2) is 5.69 Å². The number of carbonyl (C=O) groups is 1. The summed E-state index contributed by atoms with van der Waals surface area (Å²) in [5, 5.41) is 16.9. The number of fused-ring (bicyclic) bond motifs is 1. The van der Waals surface area contributed by atoms with E-state index in [-0.39, 0.29) is 5.91 Å². The lowest BCUT2D eigenvalue weighted by Gasteiger charge is -1.99. The minimum Gasteiger partial charge on any atom is -0.354 e. The second-order valence-electron chi connectivity index (χ2n) is 3.90. The van der Waals surface area contributed by atoms with Crippen molar-refractivity contribution < 1.29 is 4.79 Å². The molecule has 0 aliphatic rings. The number of aromatic amines is 2. The normalized spacial score (nSPS) is 10.7. The van der Waals surface area contributed by atoms with Gasteiger partial charge < -0.3 is 5.32 Å².